The summed E-state index contributed by atoms with van der Waals surface area (Å²) in [6.07, 6.45) is 0.124. The average Bonchev–Trinajstić information content (AvgIpc) is 2.56. The number of anilines is 2. The van der Waals surface area contributed by atoms with Gasteiger partial charge < -0.3 is 10.2 Å². The molecule has 130 valence electrons. The van der Waals surface area contributed by atoms with Gasteiger partial charge >= 0.3 is 0 Å². The molecule has 0 radical (unpaired) electrons. The second-order valence-electron chi connectivity index (χ2n) is 5.55. The maximum Gasteiger partial charge on any atom is 0.226 e. The summed E-state index contributed by atoms with van der Waals surface area (Å²) in [5.41, 5.74) is 1.76. The smallest absolute Gasteiger partial charge is 0.226 e. The number of nitrogens with one attached hydrogen (secondary N) is 1. The normalized spacial score (nSPS) is 10.2. The van der Waals surface area contributed by atoms with E-state index in [0.717, 1.165) is 0 Å². The molecule has 6 heteroatoms. The summed E-state index contributed by atoms with van der Waals surface area (Å²) in [6, 6.07) is 13.7. The van der Waals surface area contributed by atoms with Crippen LogP contribution in [0.25, 0.3) is 0 Å². The molecule has 0 spiro atoms. The van der Waals surface area contributed by atoms with E-state index in [9.17, 15) is 14.4 Å². The predicted molar refractivity (Wildman–Crippen MR) is 99.2 cm³/mol. The SMILES string of the molecule is CC(=O)c1ccc(NC(=O)CCN(C(C)=O)c2ccccc2Cl)cc1. The molecule has 0 heterocycles. The zero-order valence-electron chi connectivity index (χ0n) is 14.1. The molecule has 0 aliphatic heterocycles. The lowest BCUT2D eigenvalue weighted by Gasteiger charge is -2.22. The number of carbonyl (C=O) groups excluding carboxylic acids is 3. The van der Waals surface area contributed by atoms with Gasteiger partial charge in [0.05, 0.1) is 10.7 Å². The van der Waals surface area contributed by atoms with E-state index in [1.807, 2.05) is 0 Å². The number of hydrogen-bond acceptors (Lipinski definition) is 3. The number of benzene rings is 2. The van der Waals surface area contributed by atoms with E-state index in [1.54, 1.807) is 48.5 Å². The minimum absolute atomic E-state index is 0.0327. The fraction of sp³-hybridized carbons (Fsp3) is 0.211. The number of nitrogens with zero attached hydrogens (tertiary/aromatic N) is 1. The van der Waals surface area contributed by atoms with E-state index in [2.05, 4.69) is 5.32 Å². The maximum absolute atomic E-state index is 12.1. The van der Waals surface area contributed by atoms with Crippen molar-refractivity contribution in [2.75, 3.05) is 16.8 Å². The number of ketones is 1. The summed E-state index contributed by atoms with van der Waals surface area (Å²) < 4.78 is 0. The summed E-state index contributed by atoms with van der Waals surface area (Å²) in [5.74, 6) is -0.449. The van der Waals surface area contributed by atoms with Crippen molar-refractivity contribution in [1.29, 1.82) is 0 Å². The molecule has 0 aromatic heterocycles. The van der Waals surface area contributed by atoms with Crippen molar-refractivity contribution in [3.63, 3.8) is 0 Å². The topological polar surface area (TPSA) is 66.5 Å². The quantitative estimate of drug-likeness (QED) is 0.796. The first-order valence-electron chi connectivity index (χ1n) is 7.82. The molecule has 0 atom stereocenters. The molecular formula is C19H19ClN2O3. The summed E-state index contributed by atoms with van der Waals surface area (Å²) in [7, 11) is 0. The molecule has 0 aliphatic carbocycles. The summed E-state index contributed by atoms with van der Waals surface area (Å²) >= 11 is 6.13. The molecule has 2 rings (SSSR count). The van der Waals surface area contributed by atoms with Crippen molar-refractivity contribution < 1.29 is 14.4 Å². The highest BCUT2D eigenvalue weighted by atomic mass is 35.5. The highest BCUT2D eigenvalue weighted by molar-refractivity contribution is 6.33. The van der Waals surface area contributed by atoms with Gasteiger partial charge in [-0.3, -0.25) is 14.4 Å². The Morgan fingerprint density at radius 1 is 1.00 bits per heavy atom. The molecule has 5 nitrogen and oxygen atoms in total. The van der Waals surface area contributed by atoms with E-state index >= 15 is 0 Å². The van der Waals surface area contributed by atoms with E-state index in [4.69, 9.17) is 11.6 Å². The molecule has 1 N–H and O–H groups in total. The van der Waals surface area contributed by atoms with Crippen LogP contribution < -0.4 is 10.2 Å². The Morgan fingerprint density at radius 2 is 1.64 bits per heavy atom. The molecular weight excluding hydrogens is 340 g/mol. The number of hydrogen-bond donors (Lipinski definition) is 1. The zero-order valence-corrected chi connectivity index (χ0v) is 14.8. The third-order valence-electron chi connectivity index (χ3n) is 3.66. The first-order valence-corrected chi connectivity index (χ1v) is 8.20. The van der Waals surface area contributed by atoms with E-state index in [0.29, 0.717) is 22.0 Å². The van der Waals surface area contributed by atoms with Crippen LogP contribution in [0.3, 0.4) is 0 Å². The van der Waals surface area contributed by atoms with Crippen LogP contribution in [-0.2, 0) is 9.59 Å². The van der Waals surface area contributed by atoms with Crippen LogP contribution in [0.5, 0.6) is 0 Å². The molecule has 0 aliphatic rings. The van der Waals surface area contributed by atoms with Gasteiger partial charge in [0.2, 0.25) is 11.8 Å². The minimum atomic E-state index is -0.228. The van der Waals surface area contributed by atoms with Gasteiger partial charge in [0.15, 0.2) is 5.78 Å². The monoisotopic (exact) mass is 358 g/mol. The van der Waals surface area contributed by atoms with Crippen molar-refractivity contribution in [2.24, 2.45) is 0 Å². The van der Waals surface area contributed by atoms with Crippen LogP contribution in [0.1, 0.15) is 30.6 Å². The largest absolute Gasteiger partial charge is 0.326 e. The zero-order chi connectivity index (χ0) is 18.4. The third-order valence-corrected chi connectivity index (χ3v) is 3.98. The second kappa shape index (κ2) is 8.44. The maximum atomic E-state index is 12.1. The van der Waals surface area contributed by atoms with E-state index in [1.165, 1.54) is 18.7 Å². The van der Waals surface area contributed by atoms with Crippen molar-refractivity contribution in [1.82, 2.24) is 0 Å². The van der Waals surface area contributed by atoms with Crippen molar-refractivity contribution in [3.8, 4) is 0 Å². The Morgan fingerprint density at radius 3 is 2.20 bits per heavy atom. The summed E-state index contributed by atoms with van der Waals surface area (Å²) in [5, 5.41) is 3.20. The Kier molecular flexibility index (Phi) is 6.31. The van der Waals surface area contributed by atoms with Gasteiger partial charge in [0.1, 0.15) is 0 Å². The number of carbonyl (C=O) groups is 3. The lowest BCUT2D eigenvalue weighted by atomic mass is 10.1. The van der Waals surface area contributed by atoms with Crippen molar-refractivity contribution in [2.45, 2.75) is 20.3 Å². The number of halogens is 1. The van der Waals surface area contributed by atoms with Crippen LogP contribution in [0.15, 0.2) is 48.5 Å². The lowest BCUT2D eigenvalue weighted by Crippen LogP contribution is -2.32. The molecule has 2 aromatic carbocycles. The number of rotatable bonds is 6. The molecule has 2 amide bonds. The van der Waals surface area contributed by atoms with Crippen LogP contribution in [-0.4, -0.2) is 24.1 Å². The summed E-state index contributed by atoms with van der Waals surface area (Å²) in [4.78, 5) is 36.7. The Balaban J connectivity index is 1.98. The minimum Gasteiger partial charge on any atom is -0.326 e. The van der Waals surface area contributed by atoms with Gasteiger partial charge in [-0.1, -0.05) is 23.7 Å². The fourth-order valence-electron chi connectivity index (χ4n) is 2.34. The molecule has 0 unspecified atom stereocenters. The Hall–Kier alpha value is -2.66. The lowest BCUT2D eigenvalue weighted by molar-refractivity contribution is -0.117. The first-order chi connectivity index (χ1) is 11.9. The molecule has 0 saturated heterocycles. The van der Waals surface area contributed by atoms with E-state index < -0.39 is 0 Å². The molecule has 2 aromatic rings. The highest BCUT2D eigenvalue weighted by Crippen LogP contribution is 2.25. The van der Waals surface area contributed by atoms with Gasteiger partial charge in [0.25, 0.3) is 0 Å². The van der Waals surface area contributed by atoms with E-state index in [-0.39, 0.29) is 30.6 Å². The van der Waals surface area contributed by atoms with Crippen LogP contribution in [0, 0.1) is 0 Å². The number of para-hydroxylation sites is 1. The standard InChI is InChI=1S/C19H19ClN2O3/c1-13(23)15-7-9-16(10-8-15)21-19(25)11-12-22(14(2)24)18-6-4-3-5-17(18)20/h3-10H,11-12H2,1-2H3,(H,21,25). The Labute approximate surface area is 151 Å². The second-order valence-corrected chi connectivity index (χ2v) is 5.96. The van der Waals surface area contributed by atoms with Gasteiger partial charge in [-0.25, -0.2) is 0 Å². The number of Topliss-reactive ketones (excluding diaryl/α,β-unsaturated/α-hetero) is 1. The van der Waals surface area contributed by atoms with Gasteiger partial charge in [-0.05, 0) is 43.3 Å². The molecule has 0 saturated carbocycles. The van der Waals surface area contributed by atoms with Gasteiger partial charge in [-0.15, -0.1) is 0 Å². The van der Waals surface area contributed by atoms with Crippen LogP contribution >= 0.6 is 11.6 Å². The summed E-state index contributed by atoms with van der Waals surface area (Å²) in [6.45, 7) is 3.14. The first kappa shape index (κ1) is 18.7. The van der Waals surface area contributed by atoms with Crippen LogP contribution in [0.4, 0.5) is 11.4 Å². The predicted octanol–water partition coefficient (Wildman–Crippen LogP) is 3.92. The molecule has 0 bridgehead atoms. The van der Waals surface area contributed by atoms with Crippen molar-refractivity contribution >= 4 is 40.6 Å². The average molecular weight is 359 g/mol. The fourth-order valence-corrected chi connectivity index (χ4v) is 2.58. The van der Waals surface area contributed by atoms with Crippen molar-refractivity contribution in [3.05, 3.63) is 59.1 Å². The van der Waals surface area contributed by atoms with Gasteiger partial charge in [-0.2, -0.15) is 0 Å². The molecule has 25 heavy (non-hydrogen) atoms. The number of amides is 2. The van der Waals surface area contributed by atoms with Gasteiger partial charge in [0, 0.05) is 31.1 Å². The van der Waals surface area contributed by atoms with Crippen LogP contribution in [0.2, 0.25) is 5.02 Å². The molecule has 0 fully saturated rings. The Bertz CT molecular complexity index is 788. The highest BCUT2D eigenvalue weighted by Gasteiger charge is 2.16. The third kappa shape index (κ3) is 5.16.